The van der Waals surface area contributed by atoms with E-state index >= 15 is 0 Å². The molecule has 0 saturated heterocycles. The SMILES string of the molecule is COc1ccc([C@@H](CC(=O)c2ccccc2)OCCO[Si](C)(C)C)cc1. The van der Waals surface area contributed by atoms with Gasteiger partial charge in [0.25, 0.3) is 0 Å². The van der Waals surface area contributed by atoms with Crippen LogP contribution in [-0.4, -0.2) is 34.4 Å². The lowest BCUT2D eigenvalue weighted by Crippen LogP contribution is -2.27. The maximum absolute atomic E-state index is 12.6. The number of ether oxygens (including phenoxy) is 2. The van der Waals surface area contributed by atoms with Crippen molar-refractivity contribution in [3.05, 3.63) is 65.7 Å². The molecule has 5 heteroatoms. The van der Waals surface area contributed by atoms with Crippen molar-refractivity contribution in [1.29, 1.82) is 0 Å². The lowest BCUT2D eigenvalue weighted by atomic mass is 10.00. The molecule has 26 heavy (non-hydrogen) atoms. The molecule has 0 amide bonds. The third-order valence-electron chi connectivity index (χ3n) is 3.89. The third kappa shape index (κ3) is 6.75. The minimum Gasteiger partial charge on any atom is -0.497 e. The van der Waals surface area contributed by atoms with E-state index < -0.39 is 8.32 Å². The minimum absolute atomic E-state index is 0.0672. The number of hydrogen-bond donors (Lipinski definition) is 0. The third-order valence-corrected chi connectivity index (χ3v) is 4.96. The molecule has 0 unspecified atom stereocenters. The Morgan fingerprint density at radius 2 is 1.62 bits per heavy atom. The maximum atomic E-state index is 12.6. The van der Waals surface area contributed by atoms with Crippen LogP contribution in [0.1, 0.15) is 28.4 Å². The average Bonchev–Trinajstić information content (AvgIpc) is 2.64. The molecule has 2 aromatic carbocycles. The molecule has 0 heterocycles. The Bertz CT molecular complexity index is 677. The molecule has 0 aliphatic rings. The van der Waals surface area contributed by atoms with Gasteiger partial charge in [-0.25, -0.2) is 0 Å². The van der Waals surface area contributed by atoms with Crippen molar-refractivity contribution in [2.75, 3.05) is 20.3 Å². The summed E-state index contributed by atoms with van der Waals surface area (Å²) in [5.74, 6) is 0.849. The second-order valence-corrected chi connectivity index (χ2v) is 11.6. The smallest absolute Gasteiger partial charge is 0.183 e. The van der Waals surface area contributed by atoms with Gasteiger partial charge >= 0.3 is 0 Å². The molecule has 0 aromatic heterocycles. The van der Waals surface area contributed by atoms with Gasteiger partial charge in [0.2, 0.25) is 0 Å². The Hall–Kier alpha value is -1.95. The van der Waals surface area contributed by atoms with Crippen molar-refractivity contribution in [3.8, 4) is 5.75 Å². The zero-order chi connectivity index (χ0) is 19.0. The van der Waals surface area contributed by atoms with Gasteiger partial charge in [-0.2, -0.15) is 0 Å². The van der Waals surface area contributed by atoms with Gasteiger partial charge in [-0.1, -0.05) is 42.5 Å². The van der Waals surface area contributed by atoms with Crippen molar-refractivity contribution < 1.29 is 18.7 Å². The van der Waals surface area contributed by atoms with Crippen LogP contribution in [0.2, 0.25) is 19.6 Å². The average molecular weight is 373 g/mol. The van der Waals surface area contributed by atoms with Gasteiger partial charge in [0.15, 0.2) is 14.1 Å². The first-order valence-corrected chi connectivity index (χ1v) is 12.3. The number of carbonyl (C=O) groups is 1. The fraction of sp³-hybridized carbons (Fsp3) is 0.381. The van der Waals surface area contributed by atoms with Gasteiger partial charge in [-0.3, -0.25) is 4.79 Å². The first kappa shape index (κ1) is 20.4. The van der Waals surface area contributed by atoms with Crippen molar-refractivity contribution in [1.82, 2.24) is 0 Å². The fourth-order valence-corrected chi connectivity index (χ4v) is 3.24. The largest absolute Gasteiger partial charge is 0.497 e. The van der Waals surface area contributed by atoms with E-state index in [1.807, 2.05) is 54.6 Å². The Morgan fingerprint density at radius 3 is 2.19 bits per heavy atom. The summed E-state index contributed by atoms with van der Waals surface area (Å²) in [6.07, 6.45) is -0.0117. The molecule has 0 aliphatic heterocycles. The molecule has 2 aromatic rings. The van der Waals surface area contributed by atoms with Crippen LogP contribution < -0.4 is 4.74 Å². The second kappa shape index (κ2) is 9.66. The minimum atomic E-state index is -1.57. The highest BCUT2D eigenvalue weighted by Crippen LogP contribution is 2.25. The molecule has 140 valence electrons. The molecule has 0 radical (unpaired) electrons. The van der Waals surface area contributed by atoms with Crippen LogP contribution in [0.15, 0.2) is 54.6 Å². The summed E-state index contributed by atoms with van der Waals surface area (Å²) in [7, 11) is 0.0655. The molecule has 0 bridgehead atoms. The number of carbonyl (C=O) groups excluding carboxylic acids is 1. The molecule has 4 nitrogen and oxygen atoms in total. The Kier molecular flexibility index (Phi) is 7.57. The number of rotatable bonds is 10. The first-order valence-electron chi connectivity index (χ1n) is 8.87. The summed E-state index contributed by atoms with van der Waals surface area (Å²) >= 11 is 0. The van der Waals surface area contributed by atoms with Crippen LogP contribution in [0.3, 0.4) is 0 Å². The number of Topliss-reactive ketones (excluding diaryl/α,β-unsaturated/α-hetero) is 1. The fourth-order valence-electron chi connectivity index (χ4n) is 2.54. The zero-order valence-electron chi connectivity index (χ0n) is 16.0. The molecule has 0 spiro atoms. The zero-order valence-corrected chi connectivity index (χ0v) is 17.0. The van der Waals surface area contributed by atoms with E-state index in [0.717, 1.165) is 11.3 Å². The quantitative estimate of drug-likeness (QED) is 0.339. The topological polar surface area (TPSA) is 44.8 Å². The van der Waals surface area contributed by atoms with Crippen molar-refractivity contribution in [2.45, 2.75) is 32.2 Å². The van der Waals surface area contributed by atoms with E-state index in [4.69, 9.17) is 13.9 Å². The number of ketones is 1. The Morgan fingerprint density at radius 1 is 0.962 bits per heavy atom. The van der Waals surface area contributed by atoms with Crippen LogP contribution in [-0.2, 0) is 9.16 Å². The van der Waals surface area contributed by atoms with Gasteiger partial charge in [0.05, 0.1) is 26.4 Å². The Labute approximate surface area is 157 Å². The highest BCUT2D eigenvalue weighted by Gasteiger charge is 2.19. The summed E-state index contributed by atoms with van der Waals surface area (Å²) in [6, 6.07) is 17.0. The van der Waals surface area contributed by atoms with Crippen LogP contribution in [0.5, 0.6) is 5.75 Å². The number of methoxy groups -OCH3 is 1. The highest BCUT2D eigenvalue weighted by molar-refractivity contribution is 6.69. The van der Waals surface area contributed by atoms with E-state index in [-0.39, 0.29) is 11.9 Å². The molecule has 1 atom stereocenters. The molecular formula is C21H28O4Si. The van der Waals surface area contributed by atoms with Gasteiger partial charge in [0.1, 0.15) is 5.75 Å². The maximum Gasteiger partial charge on any atom is 0.183 e. The number of hydrogen-bond acceptors (Lipinski definition) is 4. The monoisotopic (exact) mass is 372 g/mol. The van der Waals surface area contributed by atoms with Gasteiger partial charge < -0.3 is 13.9 Å². The van der Waals surface area contributed by atoms with E-state index in [1.54, 1.807) is 7.11 Å². The second-order valence-electron chi connectivity index (χ2n) is 7.09. The number of benzene rings is 2. The predicted octanol–water partition coefficient (Wildman–Crippen LogP) is 4.88. The highest BCUT2D eigenvalue weighted by atomic mass is 28.4. The van der Waals surface area contributed by atoms with Gasteiger partial charge in [0, 0.05) is 12.0 Å². The van der Waals surface area contributed by atoms with Crippen LogP contribution in [0.4, 0.5) is 0 Å². The van der Waals surface area contributed by atoms with Gasteiger partial charge in [-0.05, 0) is 37.3 Å². The normalized spacial score (nSPS) is 12.6. The van der Waals surface area contributed by atoms with Crippen molar-refractivity contribution in [2.24, 2.45) is 0 Å². The van der Waals surface area contributed by atoms with E-state index in [2.05, 4.69) is 19.6 Å². The van der Waals surface area contributed by atoms with E-state index in [9.17, 15) is 4.79 Å². The van der Waals surface area contributed by atoms with Crippen LogP contribution >= 0.6 is 0 Å². The Balaban J connectivity index is 2.06. The van der Waals surface area contributed by atoms with E-state index in [1.165, 1.54) is 0 Å². The summed E-state index contributed by atoms with van der Waals surface area (Å²) in [5, 5.41) is 0. The molecule has 0 N–H and O–H groups in total. The summed E-state index contributed by atoms with van der Waals surface area (Å²) in [5.41, 5.74) is 1.66. The standard InChI is InChI=1S/C21H28O4Si/c1-23-19-12-10-18(11-13-19)21(24-14-15-25-26(2,3)4)16-20(22)17-8-6-5-7-9-17/h5-13,21H,14-16H2,1-4H3/t21-/m1/s1. The van der Waals surface area contributed by atoms with Crippen LogP contribution in [0, 0.1) is 0 Å². The summed E-state index contributed by atoms with van der Waals surface area (Å²) in [6.45, 7) is 7.44. The summed E-state index contributed by atoms with van der Waals surface area (Å²) < 4.78 is 17.1. The first-order chi connectivity index (χ1) is 12.4. The molecule has 0 saturated carbocycles. The van der Waals surface area contributed by atoms with Crippen molar-refractivity contribution >= 4 is 14.1 Å². The van der Waals surface area contributed by atoms with Crippen molar-refractivity contribution in [3.63, 3.8) is 0 Å². The molecular weight excluding hydrogens is 344 g/mol. The van der Waals surface area contributed by atoms with E-state index in [0.29, 0.717) is 25.2 Å². The lowest BCUT2D eigenvalue weighted by molar-refractivity contribution is 0.0263. The molecule has 0 fully saturated rings. The molecule has 0 aliphatic carbocycles. The predicted molar refractivity (Wildman–Crippen MR) is 106 cm³/mol. The lowest BCUT2D eigenvalue weighted by Gasteiger charge is -2.21. The summed E-state index contributed by atoms with van der Waals surface area (Å²) in [4.78, 5) is 12.6. The molecule has 2 rings (SSSR count). The van der Waals surface area contributed by atoms with Crippen LogP contribution in [0.25, 0.3) is 0 Å². The van der Waals surface area contributed by atoms with Gasteiger partial charge in [-0.15, -0.1) is 0 Å².